The van der Waals surface area contributed by atoms with E-state index in [1.807, 2.05) is 27.7 Å². The molecule has 0 aliphatic rings. The van der Waals surface area contributed by atoms with Gasteiger partial charge in [-0.15, -0.1) is 0 Å². The molecule has 0 aliphatic carbocycles. The van der Waals surface area contributed by atoms with Crippen LogP contribution < -0.4 is 5.73 Å². The van der Waals surface area contributed by atoms with E-state index >= 15 is 0 Å². The van der Waals surface area contributed by atoms with E-state index in [9.17, 15) is 8.42 Å². The van der Waals surface area contributed by atoms with Crippen molar-refractivity contribution < 1.29 is 8.42 Å². The van der Waals surface area contributed by atoms with Crippen LogP contribution in [0.2, 0.25) is 0 Å². The molecule has 96 valence electrons. The second-order valence-electron chi connectivity index (χ2n) is 5.46. The summed E-state index contributed by atoms with van der Waals surface area (Å²) in [6.45, 7) is 7.81. The lowest BCUT2D eigenvalue weighted by Crippen LogP contribution is -2.34. The van der Waals surface area contributed by atoms with Crippen LogP contribution in [-0.2, 0) is 16.3 Å². The number of rotatable bonds is 3. The van der Waals surface area contributed by atoms with E-state index in [1.54, 1.807) is 12.1 Å². The van der Waals surface area contributed by atoms with Crippen molar-refractivity contribution in [2.24, 2.45) is 5.73 Å². The SMILES string of the molecule is Cc1cc(S(C)(=O)=O)cc(CC(C)(C)N)c1C. The number of hydrogen-bond acceptors (Lipinski definition) is 3. The van der Waals surface area contributed by atoms with Gasteiger partial charge in [-0.3, -0.25) is 0 Å². The third-order valence-corrected chi connectivity index (χ3v) is 3.91. The van der Waals surface area contributed by atoms with Crippen LogP contribution >= 0.6 is 0 Å². The fourth-order valence-corrected chi connectivity index (χ4v) is 2.53. The van der Waals surface area contributed by atoms with Gasteiger partial charge in [0.1, 0.15) is 0 Å². The smallest absolute Gasteiger partial charge is 0.175 e. The first-order chi connectivity index (χ1) is 7.50. The average molecular weight is 255 g/mol. The first kappa shape index (κ1) is 14.2. The fourth-order valence-electron chi connectivity index (χ4n) is 1.79. The normalized spacial score (nSPS) is 12.8. The average Bonchev–Trinajstić information content (AvgIpc) is 2.08. The van der Waals surface area contributed by atoms with Crippen molar-refractivity contribution in [3.05, 3.63) is 28.8 Å². The van der Waals surface area contributed by atoms with Crippen LogP contribution in [0.15, 0.2) is 17.0 Å². The summed E-state index contributed by atoms with van der Waals surface area (Å²) in [5.41, 5.74) is 8.78. The summed E-state index contributed by atoms with van der Waals surface area (Å²) >= 11 is 0. The fraction of sp³-hybridized carbons (Fsp3) is 0.538. The molecule has 0 aromatic heterocycles. The van der Waals surface area contributed by atoms with Crippen molar-refractivity contribution in [2.75, 3.05) is 6.26 Å². The van der Waals surface area contributed by atoms with Crippen molar-refractivity contribution in [2.45, 2.75) is 44.6 Å². The zero-order valence-corrected chi connectivity index (χ0v) is 12.0. The Kier molecular flexibility index (Phi) is 3.69. The van der Waals surface area contributed by atoms with Crippen LogP contribution in [0.3, 0.4) is 0 Å². The lowest BCUT2D eigenvalue weighted by atomic mass is 9.91. The van der Waals surface area contributed by atoms with Gasteiger partial charge in [-0.1, -0.05) is 0 Å². The Morgan fingerprint density at radius 3 is 2.18 bits per heavy atom. The molecule has 0 fully saturated rings. The molecule has 0 aliphatic heterocycles. The van der Waals surface area contributed by atoms with Gasteiger partial charge >= 0.3 is 0 Å². The number of aryl methyl sites for hydroxylation is 1. The highest BCUT2D eigenvalue weighted by molar-refractivity contribution is 7.90. The van der Waals surface area contributed by atoms with Gasteiger partial charge in [0.2, 0.25) is 0 Å². The van der Waals surface area contributed by atoms with Crippen molar-refractivity contribution in [3.8, 4) is 0 Å². The van der Waals surface area contributed by atoms with Crippen LogP contribution in [0, 0.1) is 13.8 Å². The Labute approximate surface area is 104 Å². The van der Waals surface area contributed by atoms with Gasteiger partial charge in [-0.05, 0) is 62.9 Å². The molecular formula is C13H21NO2S. The van der Waals surface area contributed by atoms with Gasteiger partial charge in [0.05, 0.1) is 4.90 Å². The van der Waals surface area contributed by atoms with Gasteiger partial charge in [0.25, 0.3) is 0 Å². The maximum absolute atomic E-state index is 11.6. The molecule has 0 saturated heterocycles. The molecule has 0 unspecified atom stereocenters. The minimum absolute atomic E-state index is 0.340. The van der Waals surface area contributed by atoms with E-state index in [1.165, 1.54) is 6.26 Å². The Morgan fingerprint density at radius 2 is 1.76 bits per heavy atom. The lowest BCUT2D eigenvalue weighted by Gasteiger charge is -2.21. The zero-order valence-electron chi connectivity index (χ0n) is 11.2. The highest BCUT2D eigenvalue weighted by Crippen LogP contribution is 2.22. The Hall–Kier alpha value is -0.870. The highest BCUT2D eigenvalue weighted by Gasteiger charge is 2.17. The molecule has 0 saturated carbocycles. The summed E-state index contributed by atoms with van der Waals surface area (Å²) in [7, 11) is -3.16. The summed E-state index contributed by atoms with van der Waals surface area (Å²) < 4.78 is 23.2. The van der Waals surface area contributed by atoms with Crippen LogP contribution in [-0.4, -0.2) is 20.2 Å². The van der Waals surface area contributed by atoms with E-state index in [2.05, 4.69) is 0 Å². The number of sulfone groups is 1. The van der Waals surface area contributed by atoms with E-state index in [0.29, 0.717) is 11.3 Å². The standard InChI is InChI=1S/C13H21NO2S/c1-9-6-12(17(5,15)16)7-11(10(9)2)8-13(3,4)14/h6-7H,8,14H2,1-5H3. The predicted molar refractivity (Wildman–Crippen MR) is 71.0 cm³/mol. The van der Waals surface area contributed by atoms with Gasteiger partial charge in [-0.2, -0.15) is 0 Å². The molecule has 0 atom stereocenters. The molecule has 2 N–H and O–H groups in total. The van der Waals surface area contributed by atoms with Gasteiger partial charge in [0, 0.05) is 11.8 Å². The van der Waals surface area contributed by atoms with Crippen molar-refractivity contribution in [1.82, 2.24) is 0 Å². The number of nitrogens with two attached hydrogens (primary N) is 1. The largest absolute Gasteiger partial charge is 0.325 e. The van der Waals surface area contributed by atoms with E-state index in [4.69, 9.17) is 5.73 Å². The highest BCUT2D eigenvalue weighted by atomic mass is 32.2. The summed E-state index contributed by atoms with van der Waals surface area (Å²) in [6, 6.07) is 3.46. The predicted octanol–water partition coefficient (Wildman–Crippen LogP) is 1.99. The zero-order chi connectivity index (χ0) is 13.4. The lowest BCUT2D eigenvalue weighted by molar-refractivity contribution is 0.514. The first-order valence-electron chi connectivity index (χ1n) is 5.60. The second kappa shape index (κ2) is 4.42. The van der Waals surface area contributed by atoms with E-state index in [-0.39, 0.29) is 5.54 Å². The second-order valence-corrected chi connectivity index (χ2v) is 7.48. The molecule has 0 amide bonds. The number of hydrogen-bond donors (Lipinski definition) is 1. The Morgan fingerprint density at radius 1 is 1.24 bits per heavy atom. The van der Waals surface area contributed by atoms with Crippen LogP contribution in [0.1, 0.15) is 30.5 Å². The minimum Gasteiger partial charge on any atom is -0.325 e. The topological polar surface area (TPSA) is 60.2 Å². The van der Waals surface area contributed by atoms with Crippen molar-refractivity contribution in [3.63, 3.8) is 0 Å². The molecule has 1 rings (SSSR count). The molecule has 17 heavy (non-hydrogen) atoms. The van der Waals surface area contributed by atoms with E-state index < -0.39 is 9.84 Å². The third kappa shape index (κ3) is 3.82. The molecule has 0 heterocycles. The Bertz CT molecular complexity index is 525. The molecule has 0 spiro atoms. The Balaban J connectivity index is 3.36. The van der Waals surface area contributed by atoms with Crippen LogP contribution in [0.5, 0.6) is 0 Å². The van der Waals surface area contributed by atoms with E-state index in [0.717, 1.165) is 16.7 Å². The number of benzene rings is 1. The van der Waals surface area contributed by atoms with Crippen molar-refractivity contribution in [1.29, 1.82) is 0 Å². The first-order valence-corrected chi connectivity index (χ1v) is 7.49. The molecule has 4 heteroatoms. The third-order valence-electron chi connectivity index (χ3n) is 2.82. The minimum atomic E-state index is -3.16. The van der Waals surface area contributed by atoms with Gasteiger partial charge in [-0.25, -0.2) is 8.42 Å². The molecule has 0 bridgehead atoms. The molecule has 1 aromatic rings. The van der Waals surface area contributed by atoms with Crippen molar-refractivity contribution >= 4 is 9.84 Å². The monoisotopic (exact) mass is 255 g/mol. The maximum atomic E-state index is 11.6. The van der Waals surface area contributed by atoms with Gasteiger partial charge in [0.15, 0.2) is 9.84 Å². The molecular weight excluding hydrogens is 234 g/mol. The summed E-state index contributed by atoms with van der Waals surface area (Å²) in [4.78, 5) is 0.375. The summed E-state index contributed by atoms with van der Waals surface area (Å²) in [5.74, 6) is 0. The molecule has 3 nitrogen and oxygen atoms in total. The maximum Gasteiger partial charge on any atom is 0.175 e. The summed E-state index contributed by atoms with van der Waals surface area (Å²) in [5, 5.41) is 0. The summed E-state index contributed by atoms with van der Waals surface area (Å²) in [6.07, 6.45) is 1.90. The quantitative estimate of drug-likeness (QED) is 0.898. The van der Waals surface area contributed by atoms with Crippen LogP contribution in [0.25, 0.3) is 0 Å². The molecule has 0 radical (unpaired) electrons. The molecule has 1 aromatic carbocycles. The van der Waals surface area contributed by atoms with Gasteiger partial charge < -0.3 is 5.73 Å². The van der Waals surface area contributed by atoms with Crippen LogP contribution in [0.4, 0.5) is 0 Å².